The number of carbonyl (C=O) groups excluding carboxylic acids is 4. The molecule has 0 bridgehead atoms. The van der Waals surface area contributed by atoms with Crippen molar-refractivity contribution < 1.29 is 64.8 Å². The van der Waals surface area contributed by atoms with E-state index in [1.165, 1.54) is 41.3 Å². The fourth-order valence-electron chi connectivity index (χ4n) is 5.07. The van der Waals surface area contributed by atoms with Crippen LogP contribution in [0.15, 0.2) is 72.8 Å². The molecule has 2 aliphatic rings. The molecule has 0 aromatic heterocycles. The zero-order chi connectivity index (χ0) is 45.1. The van der Waals surface area contributed by atoms with Crippen LogP contribution in [0.2, 0.25) is 20.1 Å². The van der Waals surface area contributed by atoms with Gasteiger partial charge in [-0.25, -0.2) is 4.79 Å². The maximum absolute atomic E-state index is 12.8. The molecule has 2 heterocycles. The van der Waals surface area contributed by atoms with Gasteiger partial charge in [0.2, 0.25) is 0 Å². The van der Waals surface area contributed by atoms with E-state index in [0.29, 0.717) is 64.7 Å². The number of morpholine rings is 2. The molecule has 2 aliphatic heterocycles. The molecule has 23 heteroatoms. The summed E-state index contributed by atoms with van der Waals surface area (Å²) in [5.41, 5.74) is -2.14. The van der Waals surface area contributed by atoms with E-state index in [0.717, 1.165) is 24.3 Å². The third kappa shape index (κ3) is 14.7. The fraction of sp³-hybridized carbons (Fsp3) is 0.263. The molecular formula is C38H31Cl5F6N4O8. The van der Waals surface area contributed by atoms with E-state index in [4.69, 9.17) is 72.2 Å². The Morgan fingerprint density at radius 3 is 1.46 bits per heavy atom. The average molecular weight is 963 g/mol. The minimum absolute atomic E-state index is 0.0148. The molecule has 12 nitrogen and oxygen atoms in total. The molecule has 0 radical (unpaired) electrons. The van der Waals surface area contributed by atoms with E-state index in [-0.39, 0.29) is 59.5 Å². The van der Waals surface area contributed by atoms with E-state index in [1.807, 2.05) is 0 Å². The first kappa shape index (κ1) is 49.0. The molecule has 61 heavy (non-hydrogen) atoms. The Balaban J connectivity index is 0.000000230. The van der Waals surface area contributed by atoms with Crippen molar-refractivity contribution in [1.29, 1.82) is 0 Å². The van der Waals surface area contributed by atoms with Gasteiger partial charge < -0.3 is 39.8 Å². The second-order valence-corrected chi connectivity index (χ2v) is 14.4. The van der Waals surface area contributed by atoms with Gasteiger partial charge in [0.15, 0.2) is 0 Å². The maximum atomic E-state index is 12.8. The van der Waals surface area contributed by atoms with Crippen LogP contribution in [0, 0.1) is 0 Å². The van der Waals surface area contributed by atoms with Crippen molar-refractivity contribution in [3.63, 3.8) is 0 Å². The summed E-state index contributed by atoms with van der Waals surface area (Å²) in [5.74, 6) is -1.88. The summed E-state index contributed by atoms with van der Waals surface area (Å²) in [4.78, 5) is 50.5. The number of rotatable bonds is 5. The Bertz CT molecular complexity index is 2220. The van der Waals surface area contributed by atoms with Gasteiger partial charge in [-0.1, -0.05) is 46.4 Å². The van der Waals surface area contributed by atoms with Crippen molar-refractivity contribution >= 4 is 92.7 Å². The molecule has 0 saturated carbocycles. The van der Waals surface area contributed by atoms with E-state index in [9.17, 15) is 50.6 Å². The first-order valence-electron chi connectivity index (χ1n) is 17.3. The number of phenolic OH excluding ortho intramolecular Hbond substituents is 1. The predicted molar refractivity (Wildman–Crippen MR) is 215 cm³/mol. The van der Waals surface area contributed by atoms with Crippen molar-refractivity contribution in [2.24, 2.45) is 0 Å². The number of benzene rings is 4. The van der Waals surface area contributed by atoms with Gasteiger partial charge in [0.1, 0.15) is 11.5 Å². The van der Waals surface area contributed by atoms with Crippen molar-refractivity contribution in [3.05, 3.63) is 115 Å². The number of hydrogen-bond acceptors (Lipinski definition) is 8. The van der Waals surface area contributed by atoms with Crippen LogP contribution in [0.1, 0.15) is 31.8 Å². The van der Waals surface area contributed by atoms with E-state index in [1.54, 1.807) is 4.90 Å². The number of hydrogen-bond donors (Lipinski definition) is 3. The zero-order valence-electron chi connectivity index (χ0n) is 30.9. The van der Waals surface area contributed by atoms with Gasteiger partial charge in [-0.05, 0) is 84.4 Å². The van der Waals surface area contributed by atoms with Crippen molar-refractivity contribution in [1.82, 2.24) is 9.80 Å². The van der Waals surface area contributed by atoms with Crippen LogP contribution in [0.25, 0.3) is 0 Å². The van der Waals surface area contributed by atoms with Gasteiger partial charge in [-0.2, -0.15) is 26.3 Å². The third-order valence-corrected chi connectivity index (χ3v) is 9.54. The molecule has 0 unspecified atom stereocenters. The highest BCUT2D eigenvalue weighted by molar-refractivity contribution is 6.62. The highest BCUT2D eigenvalue weighted by atomic mass is 35.5. The van der Waals surface area contributed by atoms with Gasteiger partial charge >= 0.3 is 23.8 Å². The number of aromatic hydroxyl groups is 1. The number of anilines is 2. The number of carbonyl (C=O) groups is 4. The minimum atomic E-state index is -4.57. The molecule has 2 saturated heterocycles. The van der Waals surface area contributed by atoms with Gasteiger partial charge in [0.05, 0.1) is 70.1 Å². The number of nitrogens with zero attached hydrogens (tertiary/aromatic N) is 2. The Kier molecular flexibility index (Phi) is 17.6. The molecule has 4 aromatic carbocycles. The number of ether oxygens (including phenoxy) is 3. The summed E-state index contributed by atoms with van der Waals surface area (Å²) >= 11 is 28.5. The number of halogens is 11. The van der Waals surface area contributed by atoms with Crippen LogP contribution in [0.5, 0.6) is 11.5 Å². The number of phenols is 1. The van der Waals surface area contributed by atoms with Crippen LogP contribution >= 0.6 is 58.0 Å². The maximum Gasteiger partial charge on any atom is 0.416 e. The molecular weight excluding hydrogens is 932 g/mol. The summed E-state index contributed by atoms with van der Waals surface area (Å²) in [7, 11) is 0. The molecule has 4 amide bonds. The van der Waals surface area contributed by atoms with Gasteiger partial charge in [-0.15, -0.1) is 0 Å². The third-order valence-electron chi connectivity index (χ3n) is 8.20. The van der Waals surface area contributed by atoms with Crippen LogP contribution in [-0.4, -0.2) is 90.8 Å². The highest BCUT2D eigenvalue weighted by Gasteiger charge is 2.32. The Morgan fingerprint density at radius 1 is 0.607 bits per heavy atom. The normalized spacial score (nSPS) is 14.1. The van der Waals surface area contributed by atoms with Crippen LogP contribution < -0.4 is 15.4 Å². The van der Waals surface area contributed by atoms with Crippen LogP contribution in [0.3, 0.4) is 0 Å². The van der Waals surface area contributed by atoms with Crippen molar-refractivity contribution in [2.75, 3.05) is 63.2 Å². The average Bonchev–Trinajstić information content (AvgIpc) is 3.21. The van der Waals surface area contributed by atoms with Crippen LogP contribution in [-0.2, 0) is 21.8 Å². The zero-order valence-corrected chi connectivity index (χ0v) is 34.7. The van der Waals surface area contributed by atoms with Gasteiger partial charge in [0, 0.05) is 36.2 Å². The quantitative estimate of drug-likeness (QED) is 0.102. The predicted octanol–water partition coefficient (Wildman–Crippen LogP) is 10.7. The fourth-order valence-corrected chi connectivity index (χ4v) is 6.04. The Hall–Kier alpha value is -4.69. The molecule has 328 valence electrons. The number of alkyl halides is 6. The van der Waals surface area contributed by atoms with Crippen molar-refractivity contribution in [3.8, 4) is 11.5 Å². The first-order valence-corrected chi connectivity index (χ1v) is 19.2. The second kappa shape index (κ2) is 21.9. The molecule has 2 fully saturated rings. The molecule has 4 aromatic rings. The monoisotopic (exact) mass is 960 g/mol. The molecule has 3 N–H and O–H groups in total. The summed E-state index contributed by atoms with van der Waals surface area (Å²) in [6, 6.07) is 13.0. The topological polar surface area (TPSA) is 147 Å². The summed E-state index contributed by atoms with van der Waals surface area (Å²) in [6.45, 7) is 3.90. The molecule has 0 aliphatic carbocycles. The summed E-state index contributed by atoms with van der Waals surface area (Å²) in [5, 5.41) is 13.8. The van der Waals surface area contributed by atoms with Gasteiger partial charge in [-0.3, -0.25) is 14.4 Å². The minimum Gasteiger partial charge on any atom is -0.507 e. The lowest BCUT2D eigenvalue weighted by Crippen LogP contribution is -2.42. The van der Waals surface area contributed by atoms with E-state index >= 15 is 0 Å². The standard InChI is InChI=1S/C19H15Cl2F3N2O4.C14H8Cl2F3NO2.C5H8ClNO2/c20-12-2-4-16(30-18(28)26-5-7-29-8-6-26)13(10-12)17(27)25-15-3-1-11(9-14(15)21)19(22,23)24;15-8-2-4-12(21)9(6-8)13(22)20-11-3-1-7(5-10(11)16)14(17,18)19;6-5(8)7-1-3-9-4-2-7/h1-4,9-10H,5-8H2,(H,25,27);1-6,21H,(H,20,22);1-4H2. The largest absolute Gasteiger partial charge is 0.507 e. The Labute approximate surface area is 368 Å². The summed E-state index contributed by atoms with van der Waals surface area (Å²) in [6.07, 6.45) is -9.76. The Morgan fingerprint density at radius 2 is 1.03 bits per heavy atom. The summed E-state index contributed by atoms with van der Waals surface area (Å²) < 4.78 is 91.4. The first-order chi connectivity index (χ1) is 28.6. The van der Waals surface area contributed by atoms with Crippen molar-refractivity contribution in [2.45, 2.75) is 12.4 Å². The highest BCUT2D eigenvalue weighted by Crippen LogP contribution is 2.36. The smallest absolute Gasteiger partial charge is 0.416 e. The number of nitrogens with one attached hydrogen (secondary N) is 2. The lowest BCUT2D eigenvalue weighted by Gasteiger charge is -2.26. The lowest BCUT2D eigenvalue weighted by molar-refractivity contribution is -0.138. The number of amides is 4. The molecule has 0 spiro atoms. The van der Waals surface area contributed by atoms with Gasteiger partial charge in [0.25, 0.3) is 11.8 Å². The van der Waals surface area contributed by atoms with E-state index in [2.05, 4.69) is 10.6 Å². The van der Waals surface area contributed by atoms with E-state index < -0.39 is 41.4 Å². The SMILES string of the molecule is O=C(Cl)N1CCOCC1.O=C(Nc1ccc(C(F)(F)F)cc1Cl)c1cc(Cl)ccc1O.O=C(Nc1ccc(C(F)(F)F)cc1Cl)c1cc(Cl)ccc1OC(=O)N1CCOCC1. The second-order valence-electron chi connectivity index (χ2n) is 12.4. The lowest BCUT2D eigenvalue weighted by atomic mass is 10.1. The molecule has 0 atom stereocenters. The van der Waals surface area contributed by atoms with Crippen LogP contribution in [0.4, 0.5) is 47.3 Å². The molecule has 6 rings (SSSR count).